The highest BCUT2D eigenvalue weighted by Crippen LogP contribution is 2.24. The summed E-state index contributed by atoms with van der Waals surface area (Å²) in [6, 6.07) is 7.48. The summed E-state index contributed by atoms with van der Waals surface area (Å²) in [5.41, 5.74) is 0.863. The molecule has 1 fully saturated rings. The predicted octanol–water partition coefficient (Wildman–Crippen LogP) is 1.88. The van der Waals surface area contributed by atoms with Gasteiger partial charge in [0.2, 0.25) is 0 Å². The third-order valence-electron chi connectivity index (χ3n) is 2.85. The molecule has 1 N–H and O–H groups in total. The maximum atomic E-state index is 10.0. The Bertz CT molecular complexity index is 347. The van der Waals surface area contributed by atoms with Crippen molar-refractivity contribution in [1.82, 2.24) is 0 Å². The Morgan fingerprint density at radius 2 is 2.18 bits per heavy atom. The minimum absolute atomic E-state index is 0.157. The highest BCUT2D eigenvalue weighted by molar-refractivity contribution is 5.29. The minimum atomic E-state index is -0.502. The largest absolute Gasteiger partial charge is 0.497 e. The zero-order chi connectivity index (χ0) is 12.1. The maximum absolute atomic E-state index is 10.0. The first-order valence-corrected chi connectivity index (χ1v) is 5.85. The number of benzene rings is 1. The first kappa shape index (κ1) is 12.4. The molecular formula is C13H18O4. The molecule has 1 heterocycles. The van der Waals surface area contributed by atoms with E-state index in [1.807, 2.05) is 24.3 Å². The summed E-state index contributed by atoms with van der Waals surface area (Å²) in [6.45, 7) is 1.31. The summed E-state index contributed by atoms with van der Waals surface area (Å²) < 4.78 is 15.8. The van der Waals surface area contributed by atoms with Crippen LogP contribution in [0.3, 0.4) is 0 Å². The van der Waals surface area contributed by atoms with Crippen LogP contribution in [0.15, 0.2) is 24.3 Å². The van der Waals surface area contributed by atoms with Gasteiger partial charge in [-0.3, -0.25) is 0 Å². The van der Waals surface area contributed by atoms with Gasteiger partial charge in [0.05, 0.1) is 26.4 Å². The Morgan fingerprint density at radius 3 is 2.88 bits per heavy atom. The standard InChI is InChI=1S/C13H18O4/c1-15-11-4-2-3-10(9-11)12(14)5-6-13-16-7-8-17-13/h2-4,9,12-14H,5-8H2,1H3. The lowest BCUT2D eigenvalue weighted by molar-refractivity contribution is -0.0542. The van der Waals surface area contributed by atoms with Gasteiger partial charge in [0.1, 0.15) is 5.75 Å². The molecule has 4 heteroatoms. The molecule has 0 aromatic heterocycles. The molecule has 0 radical (unpaired) electrons. The zero-order valence-electron chi connectivity index (χ0n) is 9.96. The van der Waals surface area contributed by atoms with E-state index >= 15 is 0 Å². The van der Waals surface area contributed by atoms with Gasteiger partial charge in [-0.05, 0) is 24.1 Å². The van der Waals surface area contributed by atoms with Crippen LogP contribution >= 0.6 is 0 Å². The summed E-state index contributed by atoms with van der Waals surface area (Å²) in [5, 5.41) is 10.0. The van der Waals surface area contributed by atoms with Gasteiger partial charge in [0.15, 0.2) is 6.29 Å². The van der Waals surface area contributed by atoms with Crippen molar-refractivity contribution < 1.29 is 19.3 Å². The smallest absolute Gasteiger partial charge is 0.157 e. The van der Waals surface area contributed by atoms with E-state index in [0.29, 0.717) is 26.1 Å². The SMILES string of the molecule is COc1cccc(C(O)CCC2OCCO2)c1. The van der Waals surface area contributed by atoms with Crippen LogP contribution in [0, 0.1) is 0 Å². The first-order chi connectivity index (χ1) is 8.29. The molecule has 2 rings (SSSR count). The molecule has 17 heavy (non-hydrogen) atoms. The fourth-order valence-electron chi connectivity index (χ4n) is 1.88. The van der Waals surface area contributed by atoms with E-state index in [1.54, 1.807) is 7.11 Å². The fraction of sp³-hybridized carbons (Fsp3) is 0.538. The lowest BCUT2D eigenvalue weighted by Gasteiger charge is -2.14. The molecule has 0 bridgehead atoms. The molecule has 0 aliphatic carbocycles. The maximum Gasteiger partial charge on any atom is 0.157 e. The Morgan fingerprint density at radius 1 is 1.41 bits per heavy atom. The fourth-order valence-corrected chi connectivity index (χ4v) is 1.88. The second-order valence-electron chi connectivity index (χ2n) is 4.04. The van der Waals surface area contributed by atoms with Gasteiger partial charge in [-0.15, -0.1) is 0 Å². The van der Waals surface area contributed by atoms with E-state index < -0.39 is 6.10 Å². The van der Waals surface area contributed by atoms with Gasteiger partial charge in [0, 0.05) is 6.42 Å². The van der Waals surface area contributed by atoms with Gasteiger partial charge in [-0.25, -0.2) is 0 Å². The molecule has 1 atom stereocenters. The Labute approximate surface area is 101 Å². The molecule has 1 aromatic rings. The number of aliphatic hydroxyl groups excluding tert-OH is 1. The molecule has 1 unspecified atom stereocenters. The van der Waals surface area contributed by atoms with E-state index in [4.69, 9.17) is 14.2 Å². The van der Waals surface area contributed by atoms with Crippen LogP contribution in [-0.2, 0) is 9.47 Å². The number of methoxy groups -OCH3 is 1. The number of aliphatic hydroxyl groups is 1. The summed E-state index contributed by atoms with van der Waals surface area (Å²) in [4.78, 5) is 0. The van der Waals surface area contributed by atoms with Crippen LogP contribution in [0.5, 0.6) is 5.75 Å². The monoisotopic (exact) mass is 238 g/mol. The topological polar surface area (TPSA) is 47.9 Å². The van der Waals surface area contributed by atoms with Gasteiger partial charge < -0.3 is 19.3 Å². The van der Waals surface area contributed by atoms with E-state index in [-0.39, 0.29) is 6.29 Å². The molecule has 1 aliphatic heterocycles. The van der Waals surface area contributed by atoms with Crippen molar-refractivity contribution in [2.24, 2.45) is 0 Å². The number of hydrogen-bond donors (Lipinski definition) is 1. The summed E-state index contributed by atoms with van der Waals surface area (Å²) in [5.74, 6) is 0.759. The summed E-state index contributed by atoms with van der Waals surface area (Å²) in [7, 11) is 1.62. The zero-order valence-corrected chi connectivity index (χ0v) is 9.96. The summed E-state index contributed by atoms with van der Waals surface area (Å²) >= 11 is 0. The highest BCUT2D eigenvalue weighted by Gasteiger charge is 2.18. The second-order valence-corrected chi connectivity index (χ2v) is 4.04. The van der Waals surface area contributed by atoms with E-state index in [0.717, 1.165) is 11.3 Å². The molecule has 0 amide bonds. The molecular weight excluding hydrogens is 220 g/mol. The molecule has 94 valence electrons. The van der Waals surface area contributed by atoms with E-state index in [9.17, 15) is 5.11 Å². The van der Waals surface area contributed by atoms with Crippen molar-refractivity contribution >= 4 is 0 Å². The van der Waals surface area contributed by atoms with Gasteiger partial charge in [-0.2, -0.15) is 0 Å². The normalized spacial score (nSPS) is 18.2. The van der Waals surface area contributed by atoms with Gasteiger partial charge in [-0.1, -0.05) is 12.1 Å². The lowest BCUT2D eigenvalue weighted by Crippen LogP contribution is -2.09. The van der Waals surface area contributed by atoms with Gasteiger partial charge in [0.25, 0.3) is 0 Å². The van der Waals surface area contributed by atoms with Crippen LogP contribution in [-0.4, -0.2) is 31.7 Å². The number of hydrogen-bond acceptors (Lipinski definition) is 4. The van der Waals surface area contributed by atoms with Crippen molar-refractivity contribution in [2.45, 2.75) is 25.2 Å². The Kier molecular flexibility index (Phi) is 4.36. The van der Waals surface area contributed by atoms with Crippen LogP contribution in [0.2, 0.25) is 0 Å². The van der Waals surface area contributed by atoms with Crippen molar-refractivity contribution in [3.8, 4) is 5.75 Å². The second kappa shape index (κ2) is 6.00. The molecule has 1 aliphatic rings. The first-order valence-electron chi connectivity index (χ1n) is 5.85. The van der Waals surface area contributed by atoms with Crippen molar-refractivity contribution in [1.29, 1.82) is 0 Å². The van der Waals surface area contributed by atoms with Crippen LogP contribution in [0.1, 0.15) is 24.5 Å². The van der Waals surface area contributed by atoms with E-state index in [1.165, 1.54) is 0 Å². The molecule has 4 nitrogen and oxygen atoms in total. The highest BCUT2D eigenvalue weighted by atomic mass is 16.7. The van der Waals surface area contributed by atoms with Crippen molar-refractivity contribution in [2.75, 3.05) is 20.3 Å². The minimum Gasteiger partial charge on any atom is -0.497 e. The molecule has 1 saturated heterocycles. The van der Waals surface area contributed by atoms with Gasteiger partial charge >= 0.3 is 0 Å². The van der Waals surface area contributed by atoms with Crippen molar-refractivity contribution in [3.63, 3.8) is 0 Å². The Hall–Kier alpha value is -1.10. The number of rotatable bonds is 5. The van der Waals surface area contributed by atoms with E-state index in [2.05, 4.69) is 0 Å². The average molecular weight is 238 g/mol. The Balaban J connectivity index is 1.87. The molecule has 0 saturated carbocycles. The molecule has 1 aromatic carbocycles. The predicted molar refractivity (Wildman–Crippen MR) is 62.9 cm³/mol. The van der Waals surface area contributed by atoms with Crippen LogP contribution in [0.4, 0.5) is 0 Å². The lowest BCUT2D eigenvalue weighted by atomic mass is 10.0. The summed E-state index contributed by atoms with van der Waals surface area (Å²) in [6.07, 6.45) is 0.670. The number of ether oxygens (including phenoxy) is 3. The average Bonchev–Trinajstić information content (AvgIpc) is 2.89. The van der Waals surface area contributed by atoms with Crippen molar-refractivity contribution in [3.05, 3.63) is 29.8 Å². The molecule has 0 spiro atoms. The van der Waals surface area contributed by atoms with Crippen LogP contribution < -0.4 is 4.74 Å². The van der Waals surface area contributed by atoms with Crippen LogP contribution in [0.25, 0.3) is 0 Å². The quantitative estimate of drug-likeness (QED) is 0.851. The third kappa shape index (κ3) is 3.43. The third-order valence-corrected chi connectivity index (χ3v) is 2.85.